The molecule has 6 nitrogen and oxygen atoms in total. The lowest BCUT2D eigenvalue weighted by molar-refractivity contribution is -0.121. The van der Waals surface area contributed by atoms with Crippen LogP contribution < -0.4 is 16.0 Å². The van der Waals surface area contributed by atoms with Crippen molar-refractivity contribution in [3.05, 3.63) is 30.1 Å². The van der Waals surface area contributed by atoms with E-state index >= 15 is 0 Å². The number of hydrogen-bond acceptors (Lipinski definition) is 3. The van der Waals surface area contributed by atoms with Gasteiger partial charge in [0.2, 0.25) is 5.91 Å². The summed E-state index contributed by atoms with van der Waals surface area (Å²) in [5.41, 5.74) is 7.05. The van der Waals surface area contributed by atoms with Crippen molar-refractivity contribution in [2.45, 2.75) is 32.7 Å². The number of halogens is 1. The number of anilines is 1. The van der Waals surface area contributed by atoms with Crippen molar-refractivity contribution < 1.29 is 9.18 Å². The Bertz CT molecular complexity index is 582. The molecule has 1 atom stereocenters. The van der Waals surface area contributed by atoms with Crippen LogP contribution in [0.4, 0.5) is 10.1 Å². The second kappa shape index (κ2) is 9.25. The average molecular weight is 349 g/mol. The molecule has 1 aromatic carbocycles. The van der Waals surface area contributed by atoms with Crippen LogP contribution in [0.1, 0.15) is 26.7 Å². The second-order valence-corrected chi connectivity index (χ2v) is 6.32. The Morgan fingerprint density at radius 2 is 1.92 bits per heavy atom. The Morgan fingerprint density at radius 3 is 2.52 bits per heavy atom. The van der Waals surface area contributed by atoms with Crippen molar-refractivity contribution in [2.24, 2.45) is 10.7 Å². The highest BCUT2D eigenvalue weighted by molar-refractivity contribution is 5.80. The molecule has 3 N–H and O–H groups in total. The summed E-state index contributed by atoms with van der Waals surface area (Å²) in [6.45, 7) is 7.53. The molecule has 1 aliphatic rings. The van der Waals surface area contributed by atoms with Crippen molar-refractivity contribution >= 4 is 17.6 Å². The summed E-state index contributed by atoms with van der Waals surface area (Å²) in [6, 6.07) is 6.72. The van der Waals surface area contributed by atoms with E-state index in [1.807, 2.05) is 18.7 Å². The highest BCUT2D eigenvalue weighted by Gasteiger charge is 2.18. The summed E-state index contributed by atoms with van der Waals surface area (Å²) in [6.07, 6.45) is 1.26. The summed E-state index contributed by atoms with van der Waals surface area (Å²) in [7, 11) is 0. The van der Waals surface area contributed by atoms with E-state index in [9.17, 15) is 9.18 Å². The zero-order valence-electron chi connectivity index (χ0n) is 15.0. The monoisotopic (exact) mass is 349 g/mol. The van der Waals surface area contributed by atoms with E-state index in [1.54, 1.807) is 12.1 Å². The molecule has 25 heavy (non-hydrogen) atoms. The van der Waals surface area contributed by atoms with Gasteiger partial charge >= 0.3 is 0 Å². The number of nitrogens with zero attached hydrogens (tertiary/aromatic N) is 3. The van der Waals surface area contributed by atoms with Gasteiger partial charge in [0.05, 0.1) is 6.54 Å². The molecule has 1 aromatic rings. The molecule has 2 rings (SSSR count). The second-order valence-electron chi connectivity index (χ2n) is 6.32. The van der Waals surface area contributed by atoms with Crippen LogP contribution in [0.15, 0.2) is 29.3 Å². The number of rotatable bonds is 6. The minimum absolute atomic E-state index is 0.00651. The maximum absolute atomic E-state index is 13.0. The van der Waals surface area contributed by atoms with E-state index in [0.717, 1.165) is 38.3 Å². The van der Waals surface area contributed by atoms with E-state index in [2.05, 4.69) is 15.2 Å². The van der Waals surface area contributed by atoms with Gasteiger partial charge in [-0.1, -0.05) is 6.92 Å². The Balaban J connectivity index is 1.75. The van der Waals surface area contributed by atoms with Crippen LogP contribution in [0.2, 0.25) is 0 Å². The molecule has 0 bridgehead atoms. The summed E-state index contributed by atoms with van der Waals surface area (Å²) in [5, 5.41) is 2.91. The largest absolute Gasteiger partial charge is 0.370 e. The SMILES string of the molecule is CCC(C)NC(=O)CCN=C(N)N1CCN(c2ccc(F)cc2)CC1. The smallest absolute Gasteiger partial charge is 0.222 e. The van der Waals surface area contributed by atoms with Crippen LogP contribution in [0.25, 0.3) is 0 Å². The molecule has 0 radical (unpaired) electrons. The molecule has 0 saturated carbocycles. The molecule has 0 aromatic heterocycles. The van der Waals surface area contributed by atoms with Crippen molar-refractivity contribution in [3.63, 3.8) is 0 Å². The number of piperazine rings is 1. The average Bonchev–Trinajstić information content (AvgIpc) is 2.62. The van der Waals surface area contributed by atoms with E-state index in [1.165, 1.54) is 12.1 Å². The molecule has 0 aliphatic carbocycles. The van der Waals surface area contributed by atoms with Crippen LogP contribution in [0.3, 0.4) is 0 Å². The Morgan fingerprint density at radius 1 is 1.28 bits per heavy atom. The fraction of sp³-hybridized carbons (Fsp3) is 0.556. The molecular formula is C18H28FN5O. The number of amides is 1. The van der Waals surface area contributed by atoms with Crippen LogP contribution in [0, 0.1) is 5.82 Å². The predicted molar refractivity (Wildman–Crippen MR) is 99.2 cm³/mol. The summed E-state index contributed by atoms with van der Waals surface area (Å²) in [4.78, 5) is 20.3. The van der Waals surface area contributed by atoms with Gasteiger partial charge in [0.15, 0.2) is 5.96 Å². The van der Waals surface area contributed by atoms with Crippen molar-refractivity contribution in [1.82, 2.24) is 10.2 Å². The van der Waals surface area contributed by atoms with E-state index in [-0.39, 0.29) is 17.8 Å². The number of nitrogens with one attached hydrogen (secondary N) is 1. The summed E-state index contributed by atoms with van der Waals surface area (Å²) >= 11 is 0. The lowest BCUT2D eigenvalue weighted by Crippen LogP contribution is -2.51. The maximum Gasteiger partial charge on any atom is 0.222 e. The molecule has 7 heteroatoms. The lowest BCUT2D eigenvalue weighted by Gasteiger charge is -2.36. The molecule has 1 fully saturated rings. The predicted octanol–water partition coefficient (Wildman–Crippen LogP) is 1.57. The van der Waals surface area contributed by atoms with Gasteiger partial charge in [-0.3, -0.25) is 9.79 Å². The minimum atomic E-state index is -0.226. The number of guanidine groups is 1. The highest BCUT2D eigenvalue weighted by atomic mass is 19.1. The van der Waals surface area contributed by atoms with Crippen LogP contribution in [-0.4, -0.2) is 55.5 Å². The third-order valence-electron chi connectivity index (χ3n) is 4.43. The number of carbonyl (C=O) groups is 1. The fourth-order valence-electron chi connectivity index (χ4n) is 2.67. The zero-order chi connectivity index (χ0) is 18.2. The third-order valence-corrected chi connectivity index (χ3v) is 4.43. The topological polar surface area (TPSA) is 74.0 Å². The van der Waals surface area contributed by atoms with E-state index in [0.29, 0.717) is 18.9 Å². The number of hydrogen-bond donors (Lipinski definition) is 2. The first-order chi connectivity index (χ1) is 12.0. The number of nitrogens with two attached hydrogens (primary N) is 1. The quantitative estimate of drug-likeness (QED) is 0.604. The maximum atomic E-state index is 13.0. The molecule has 1 unspecified atom stereocenters. The van der Waals surface area contributed by atoms with Crippen molar-refractivity contribution in [3.8, 4) is 0 Å². The molecule has 0 spiro atoms. The molecule has 1 heterocycles. The lowest BCUT2D eigenvalue weighted by atomic mass is 10.2. The molecular weight excluding hydrogens is 321 g/mol. The Kier molecular flexibility index (Phi) is 7.03. The number of aliphatic imine (C=N–C) groups is 1. The zero-order valence-corrected chi connectivity index (χ0v) is 15.0. The Hall–Kier alpha value is -2.31. The van der Waals surface area contributed by atoms with Gasteiger partial charge in [0.1, 0.15) is 5.82 Å². The van der Waals surface area contributed by atoms with E-state index in [4.69, 9.17) is 5.73 Å². The van der Waals surface area contributed by atoms with Gasteiger partial charge in [0, 0.05) is 44.3 Å². The van der Waals surface area contributed by atoms with Gasteiger partial charge in [0.25, 0.3) is 0 Å². The first kappa shape index (κ1) is 19.0. The van der Waals surface area contributed by atoms with Crippen LogP contribution in [-0.2, 0) is 4.79 Å². The van der Waals surface area contributed by atoms with Crippen LogP contribution >= 0.6 is 0 Å². The first-order valence-corrected chi connectivity index (χ1v) is 8.84. The molecule has 1 amide bonds. The fourth-order valence-corrected chi connectivity index (χ4v) is 2.67. The number of carbonyl (C=O) groups excluding carboxylic acids is 1. The van der Waals surface area contributed by atoms with Crippen molar-refractivity contribution in [2.75, 3.05) is 37.6 Å². The van der Waals surface area contributed by atoms with Gasteiger partial charge in [-0.25, -0.2) is 4.39 Å². The minimum Gasteiger partial charge on any atom is -0.370 e. The van der Waals surface area contributed by atoms with Gasteiger partial charge < -0.3 is 20.9 Å². The normalized spacial score (nSPS) is 16.7. The van der Waals surface area contributed by atoms with Gasteiger partial charge in [-0.15, -0.1) is 0 Å². The molecule has 1 saturated heterocycles. The number of benzene rings is 1. The van der Waals surface area contributed by atoms with Crippen LogP contribution in [0.5, 0.6) is 0 Å². The van der Waals surface area contributed by atoms with E-state index < -0.39 is 0 Å². The first-order valence-electron chi connectivity index (χ1n) is 8.84. The van der Waals surface area contributed by atoms with Crippen molar-refractivity contribution in [1.29, 1.82) is 0 Å². The standard InChI is InChI=1S/C18H28FN5O/c1-3-14(2)22-17(25)8-9-21-18(20)24-12-10-23(11-13-24)16-6-4-15(19)5-7-16/h4-7,14H,3,8-13H2,1-2H3,(H2,20,21)(H,22,25). The Labute approximate surface area is 148 Å². The third kappa shape index (κ3) is 5.92. The summed E-state index contributed by atoms with van der Waals surface area (Å²) < 4.78 is 13.0. The van der Waals surface area contributed by atoms with Gasteiger partial charge in [-0.2, -0.15) is 0 Å². The highest BCUT2D eigenvalue weighted by Crippen LogP contribution is 2.16. The van der Waals surface area contributed by atoms with Gasteiger partial charge in [-0.05, 0) is 37.6 Å². The molecule has 1 aliphatic heterocycles. The summed E-state index contributed by atoms with van der Waals surface area (Å²) in [5.74, 6) is 0.262. The molecule has 138 valence electrons.